The van der Waals surface area contributed by atoms with Gasteiger partial charge in [0.15, 0.2) is 0 Å². The molecule has 1 unspecified atom stereocenters. The number of hydrogen-bond acceptors (Lipinski definition) is 3. The molecule has 2 N–H and O–H groups in total. The molecule has 86 valence electrons. The van der Waals surface area contributed by atoms with E-state index in [0.717, 1.165) is 0 Å². The SMILES string of the molecule is CN(CC(N)C#N)C1CCC(C)(C)CC1. The van der Waals surface area contributed by atoms with Crippen LogP contribution in [0.2, 0.25) is 0 Å². The molecular weight excluding hydrogens is 186 g/mol. The number of nitriles is 1. The van der Waals surface area contributed by atoms with Crippen LogP contribution in [-0.4, -0.2) is 30.6 Å². The number of rotatable bonds is 3. The Labute approximate surface area is 93.2 Å². The third-order valence-corrected chi connectivity index (χ3v) is 3.58. The Morgan fingerprint density at radius 3 is 2.47 bits per heavy atom. The van der Waals surface area contributed by atoms with E-state index in [1.165, 1.54) is 25.7 Å². The third kappa shape index (κ3) is 3.81. The van der Waals surface area contributed by atoms with Gasteiger partial charge in [-0.15, -0.1) is 0 Å². The maximum atomic E-state index is 8.66. The van der Waals surface area contributed by atoms with Gasteiger partial charge >= 0.3 is 0 Å². The summed E-state index contributed by atoms with van der Waals surface area (Å²) in [5.74, 6) is 0. The second kappa shape index (κ2) is 4.96. The Kier molecular flexibility index (Phi) is 4.12. The molecule has 0 spiro atoms. The number of likely N-dealkylation sites (N-methyl/N-ethyl adjacent to an activating group) is 1. The fourth-order valence-corrected chi connectivity index (χ4v) is 2.32. The summed E-state index contributed by atoms with van der Waals surface area (Å²) < 4.78 is 0. The second-order valence-electron chi connectivity index (χ2n) is 5.57. The summed E-state index contributed by atoms with van der Waals surface area (Å²) in [5, 5.41) is 8.66. The molecule has 0 heterocycles. The number of hydrogen-bond donors (Lipinski definition) is 1. The Bertz CT molecular complexity index is 232. The van der Waals surface area contributed by atoms with E-state index in [9.17, 15) is 0 Å². The molecule has 1 aliphatic rings. The molecule has 1 aliphatic carbocycles. The van der Waals surface area contributed by atoms with Gasteiger partial charge in [-0.05, 0) is 38.1 Å². The molecule has 3 heteroatoms. The molecule has 0 amide bonds. The van der Waals surface area contributed by atoms with E-state index in [0.29, 0.717) is 18.0 Å². The van der Waals surface area contributed by atoms with Gasteiger partial charge in [0.25, 0.3) is 0 Å². The van der Waals surface area contributed by atoms with Crippen molar-refractivity contribution in [2.75, 3.05) is 13.6 Å². The van der Waals surface area contributed by atoms with E-state index in [4.69, 9.17) is 11.0 Å². The van der Waals surface area contributed by atoms with E-state index >= 15 is 0 Å². The standard InChI is InChI=1S/C12H23N3/c1-12(2)6-4-11(5-7-12)15(3)9-10(14)8-13/h10-11H,4-7,9,14H2,1-3H3. The lowest BCUT2D eigenvalue weighted by molar-refractivity contribution is 0.126. The lowest BCUT2D eigenvalue weighted by atomic mass is 9.75. The van der Waals surface area contributed by atoms with Gasteiger partial charge in [0, 0.05) is 12.6 Å². The molecule has 0 bridgehead atoms. The van der Waals surface area contributed by atoms with Gasteiger partial charge in [-0.3, -0.25) is 0 Å². The summed E-state index contributed by atoms with van der Waals surface area (Å²) in [6, 6.07) is 2.37. The molecule has 1 atom stereocenters. The monoisotopic (exact) mass is 209 g/mol. The van der Waals surface area contributed by atoms with Crippen molar-refractivity contribution < 1.29 is 0 Å². The molecule has 0 aromatic rings. The highest BCUT2D eigenvalue weighted by atomic mass is 15.1. The van der Waals surface area contributed by atoms with Gasteiger partial charge in [0.05, 0.1) is 6.07 Å². The quantitative estimate of drug-likeness (QED) is 0.770. The zero-order valence-corrected chi connectivity index (χ0v) is 10.2. The molecule has 1 fully saturated rings. The molecule has 0 saturated heterocycles. The molecule has 0 radical (unpaired) electrons. The van der Waals surface area contributed by atoms with Gasteiger partial charge in [0.1, 0.15) is 6.04 Å². The maximum Gasteiger partial charge on any atom is 0.106 e. The number of nitrogens with two attached hydrogens (primary N) is 1. The minimum absolute atomic E-state index is 0.343. The van der Waals surface area contributed by atoms with Crippen molar-refractivity contribution in [1.82, 2.24) is 4.90 Å². The summed E-state index contributed by atoms with van der Waals surface area (Å²) in [4.78, 5) is 2.25. The largest absolute Gasteiger partial charge is 0.315 e. The maximum absolute atomic E-state index is 8.66. The summed E-state index contributed by atoms with van der Waals surface area (Å²) >= 11 is 0. The van der Waals surface area contributed by atoms with Crippen LogP contribution >= 0.6 is 0 Å². The molecule has 0 aromatic heterocycles. The van der Waals surface area contributed by atoms with Crippen LogP contribution in [0.25, 0.3) is 0 Å². The van der Waals surface area contributed by atoms with Crippen LogP contribution < -0.4 is 5.73 Å². The fourth-order valence-electron chi connectivity index (χ4n) is 2.32. The van der Waals surface area contributed by atoms with Crippen LogP contribution in [0.5, 0.6) is 0 Å². The predicted molar refractivity (Wildman–Crippen MR) is 62.3 cm³/mol. The van der Waals surface area contributed by atoms with Gasteiger partial charge in [-0.1, -0.05) is 13.8 Å². The van der Waals surface area contributed by atoms with Crippen molar-refractivity contribution in [2.45, 2.75) is 51.6 Å². The highest BCUT2D eigenvalue weighted by molar-refractivity contribution is 4.91. The third-order valence-electron chi connectivity index (χ3n) is 3.58. The Morgan fingerprint density at radius 1 is 1.47 bits per heavy atom. The van der Waals surface area contributed by atoms with Crippen LogP contribution in [0.4, 0.5) is 0 Å². The van der Waals surface area contributed by atoms with Crippen molar-refractivity contribution in [3.8, 4) is 6.07 Å². The van der Waals surface area contributed by atoms with Gasteiger partial charge in [-0.2, -0.15) is 5.26 Å². The van der Waals surface area contributed by atoms with Crippen LogP contribution in [0.15, 0.2) is 0 Å². The van der Waals surface area contributed by atoms with Crippen molar-refractivity contribution >= 4 is 0 Å². The molecule has 1 rings (SSSR count). The molecule has 1 saturated carbocycles. The Morgan fingerprint density at radius 2 is 2.00 bits per heavy atom. The first-order valence-electron chi connectivity index (χ1n) is 5.80. The number of nitrogens with zero attached hydrogens (tertiary/aromatic N) is 2. The van der Waals surface area contributed by atoms with Crippen LogP contribution in [0.1, 0.15) is 39.5 Å². The van der Waals surface area contributed by atoms with Crippen LogP contribution in [0.3, 0.4) is 0 Å². The van der Waals surface area contributed by atoms with E-state index in [1.807, 2.05) is 0 Å². The Balaban J connectivity index is 2.37. The lowest BCUT2D eigenvalue weighted by Crippen LogP contribution is -2.43. The van der Waals surface area contributed by atoms with Gasteiger partial charge in [-0.25, -0.2) is 0 Å². The minimum atomic E-state index is -0.343. The van der Waals surface area contributed by atoms with E-state index in [-0.39, 0.29) is 6.04 Å². The normalized spacial score (nSPS) is 23.7. The van der Waals surface area contributed by atoms with Gasteiger partial charge in [0.2, 0.25) is 0 Å². The van der Waals surface area contributed by atoms with Crippen molar-refractivity contribution in [2.24, 2.45) is 11.1 Å². The average molecular weight is 209 g/mol. The van der Waals surface area contributed by atoms with Crippen molar-refractivity contribution in [3.63, 3.8) is 0 Å². The molecule has 0 aromatic carbocycles. The zero-order chi connectivity index (χ0) is 11.5. The van der Waals surface area contributed by atoms with E-state index in [2.05, 4.69) is 31.9 Å². The lowest BCUT2D eigenvalue weighted by Gasteiger charge is -2.38. The minimum Gasteiger partial charge on any atom is -0.315 e. The first-order chi connectivity index (χ1) is 6.94. The summed E-state index contributed by atoms with van der Waals surface area (Å²) in [7, 11) is 2.08. The summed E-state index contributed by atoms with van der Waals surface area (Å²) in [6.07, 6.45) is 5.04. The molecule has 15 heavy (non-hydrogen) atoms. The molecular formula is C12H23N3. The van der Waals surface area contributed by atoms with E-state index in [1.54, 1.807) is 0 Å². The Hall–Kier alpha value is -0.590. The topological polar surface area (TPSA) is 53.0 Å². The highest BCUT2D eigenvalue weighted by Gasteiger charge is 2.29. The molecule has 0 aliphatic heterocycles. The van der Waals surface area contributed by atoms with Crippen LogP contribution in [0, 0.1) is 16.7 Å². The van der Waals surface area contributed by atoms with Gasteiger partial charge < -0.3 is 10.6 Å². The second-order valence-corrected chi connectivity index (χ2v) is 5.57. The summed E-state index contributed by atoms with van der Waals surface area (Å²) in [5.41, 5.74) is 6.14. The first-order valence-corrected chi connectivity index (χ1v) is 5.80. The first kappa shape index (κ1) is 12.5. The zero-order valence-electron chi connectivity index (χ0n) is 10.2. The average Bonchev–Trinajstić information content (AvgIpc) is 2.17. The smallest absolute Gasteiger partial charge is 0.106 e. The molecule has 3 nitrogen and oxygen atoms in total. The van der Waals surface area contributed by atoms with Crippen molar-refractivity contribution in [3.05, 3.63) is 0 Å². The highest BCUT2D eigenvalue weighted by Crippen LogP contribution is 2.36. The summed E-state index contributed by atoms with van der Waals surface area (Å²) in [6.45, 7) is 5.37. The van der Waals surface area contributed by atoms with Crippen molar-refractivity contribution in [1.29, 1.82) is 5.26 Å². The van der Waals surface area contributed by atoms with E-state index < -0.39 is 0 Å². The fraction of sp³-hybridized carbons (Fsp3) is 0.917. The van der Waals surface area contributed by atoms with Crippen LogP contribution in [-0.2, 0) is 0 Å². The predicted octanol–water partition coefficient (Wildman–Crippen LogP) is 1.74.